The maximum Gasteiger partial charge on any atom is 0.223 e. The predicted octanol–water partition coefficient (Wildman–Crippen LogP) is 6.00. The first kappa shape index (κ1) is 30.4. The van der Waals surface area contributed by atoms with Crippen molar-refractivity contribution in [3.8, 4) is 10.4 Å². The SMILES string of the molecule is CC(C)CC(=O)N1CCCC1C=O.CCCc1cc(-c2scnc2C)ccc1CNC.Cc1ccon1. The Morgan fingerprint density at radius 2 is 2.05 bits per heavy atom. The highest BCUT2D eigenvalue weighted by Crippen LogP contribution is 2.29. The van der Waals surface area contributed by atoms with E-state index in [2.05, 4.69) is 52.0 Å². The second-order valence-electron chi connectivity index (χ2n) is 9.70. The first-order valence-corrected chi connectivity index (χ1v) is 14.0. The number of thiazole rings is 1. The van der Waals surface area contributed by atoms with Crippen LogP contribution in [0.5, 0.6) is 0 Å². The number of aldehydes is 1. The molecule has 1 saturated heterocycles. The summed E-state index contributed by atoms with van der Waals surface area (Å²) in [7, 11) is 2.00. The molecule has 202 valence electrons. The van der Waals surface area contributed by atoms with E-state index in [9.17, 15) is 9.59 Å². The molecule has 1 aliphatic rings. The third-order valence-corrected chi connectivity index (χ3v) is 7.00. The fourth-order valence-electron chi connectivity index (χ4n) is 4.19. The van der Waals surface area contributed by atoms with Crippen molar-refractivity contribution < 1.29 is 14.1 Å². The molecule has 0 aliphatic carbocycles. The molecule has 1 fully saturated rings. The number of carbonyl (C=O) groups is 2. The van der Waals surface area contributed by atoms with Gasteiger partial charge in [0.25, 0.3) is 0 Å². The van der Waals surface area contributed by atoms with Crippen molar-refractivity contribution in [1.29, 1.82) is 0 Å². The van der Waals surface area contributed by atoms with E-state index in [1.54, 1.807) is 28.6 Å². The minimum absolute atomic E-state index is 0.129. The maximum absolute atomic E-state index is 11.6. The number of aryl methyl sites for hydroxylation is 3. The van der Waals surface area contributed by atoms with Crippen molar-refractivity contribution in [3.63, 3.8) is 0 Å². The fraction of sp³-hybridized carbons (Fsp3) is 0.517. The Morgan fingerprint density at radius 1 is 1.27 bits per heavy atom. The largest absolute Gasteiger partial charge is 0.365 e. The summed E-state index contributed by atoms with van der Waals surface area (Å²) in [6.45, 7) is 11.9. The molecule has 3 aromatic rings. The number of carbonyl (C=O) groups excluding carboxylic acids is 2. The van der Waals surface area contributed by atoms with E-state index in [0.717, 1.165) is 50.0 Å². The molecule has 2 aromatic heterocycles. The lowest BCUT2D eigenvalue weighted by atomic mass is 9.99. The molecule has 0 spiro atoms. The summed E-state index contributed by atoms with van der Waals surface area (Å²) in [5.74, 6) is 0.505. The van der Waals surface area contributed by atoms with E-state index < -0.39 is 0 Å². The molecule has 1 atom stereocenters. The van der Waals surface area contributed by atoms with Gasteiger partial charge in [0.1, 0.15) is 12.5 Å². The van der Waals surface area contributed by atoms with Gasteiger partial charge in [-0.2, -0.15) is 0 Å². The van der Waals surface area contributed by atoms with Crippen LogP contribution in [0.4, 0.5) is 0 Å². The lowest BCUT2D eigenvalue weighted by molar-refractivity contribution is -0.135. The first-order valence-electron chi connectivity index (χ1n) is 13.1. The highest BCUT2D eigenvalue weighted by molar-refractivity contribution is 7.13. The third kappa shape index (κ3) is 9.85. The molecule has 1 aliphatic heterocycles. The Labute approximate surface area is 225 Å². The smallest absolute Gasteiger partial charge is 0.223 e. The zero-order valence-electron chi connectivity index (χ0n) is 23.1. The zero-order valence-corrected chi connectivity index (χ0v) is 23.9. The standard InChI is InChI=1S/C15H20N2S.C10H17NO2.C4H5NO/c1-4-5-12-8-13(6-7-14(12)9-16-3)15-11(2)17-10-18-15;1-8(2)6-10(13)11-5-3-4-9(11)7-12;1-4-2-3-6-5-4/h6-8,10,16H,4-5,9H2,1-3H3;7-9H,3-6H2,1-2H3;2-3H,1H3. The predicted molar refractivity (Wildman–Crippen MR) is 151 cm³/mol. The molecule has 1 aromatic carbocycles. The normalized spacial score (nSPS) is 14.6. The highest BCUT2D eigenvalue weighted by atomic mass is 32.1. The van der Waals surface area contributed by atoms with E-state index in [0.29, 0.717) is 12.3 Å². The van der Waals surface area contributed by atoms with E-state index in [1.165, 1.54) is 28.0 Å². The average molecular weight is 527 g/mol. The van der Waals surface area contributed by atoms with E-state index in [4.69, 9.17) is 0 Å². The molecule has 0 bridgehead atoms. The van der Waals surface area contributed by atoms with Crippen LogP contribution in [-0.4, -0.2) is 46.9 Å². The Kier molecular flexibility index (Phi) is 13.2. The summed E-state index contributed by atoms with van der Waals surface area (Å²) < 4.78 is 4.46. The number of nitrogens with one attached hydrogen (secondary N) is 1. The summed E-state index contributed by atoms with van der Waals surface area (Å²) in [4.78, 5) is 29.5. The number of aromatic nitrogens is 2. The molecule has 0 saturated carbocycles. The molecule has 0 radical (unpaired) electrons. The van der Waals surface area contributed by atoms with Gasteiger partial charge in [-0.3, -0.25) is 4.79 Å². The second-order valence-corrected chi connectivity index (χ2v) is 10.6. The topological polar surface area (TPSA) is 88.3 Å². The molecule has 8 heteroatoms. The Morgan fingerprint density at radius 3 is 2.57 bits per heavy atom. The number of hydrogen-bond donors (Lipinski definition) is 1. The minimum Gasteiger partial charge on any atom is -0.365 e. The lowest BCUT2D eigenvalue weighted by Crippen LogP contribution is -2.36. The van der Waals surface area contributed by atoms with Gasteiger partial charge in [-0.15, -0.1) is 11.3 Å². The van der Waals surface area contributed by atoms with Crippen LogP contribution in [-0.2, 0) is 22.6 Å². The van der Waals surface area contributed by atoms with Crippen molar-refractivity contribution in [3.05, 3.63) is 58.6 Å². The van der Waals surface area contributed by atoms with Crippen LogP contribution in [0, 0.1) is 19.8 Å². The van der Waals surface area contributed by atoms with E-state index in [1.807, 2.05) is 33.3 Å². The molecule has 37 heavy (non-hydrogen) atoms. The second kappa shape index (κ2) is 16.1. The molecule has 1 unspecified atom stereocenters. The van der Waals surface area contributed by atoms with Gasteiger partial charge in [0.2, 0.25) is 5.91 Å². The summed E-state index contributed by atoms with van der Waals surface area (Å²) in [6, 6.07) is 8.45. The molecule has 1 N–H and O–H groups in total. The Hall–Kier alpha value is -2.84. The van der Waals surface area contributed by atoms with Gasteiger partial charge in [0, 0.05) is 25.6 Å². The van der Waals surface area contributed by atoms with Crippen molar-refractivity contribution >= 4 is 23.5 Å². The van der Waals surface area contributed by atoms with Crippen LogP contribution >= 0.6 is 11.3 Å². The van der Waals surface area contributed by atoms with Crippen LogP contribution in [0.3, 0.4) is 0 Å². The van der Waals surface area contributed by atoms with Crippen LogP contribution in [0.15, 0.2) is 40.6 Å². The molecule has 7 nitrogen and oxygen atoms in total. The van der Waals surface area contributed by atoms with Gasteiger partial charge in [0.05, 0.1) is 27.8 Å². The molecule has 3 heterocycles. The number of amides is 1. The molecule has 4 rings (SSSR count). The van der Waals surface area contributed by atoms with Crippen LogP contribution in [0.25, 0.3) is 10.4 Å². The summed E-state index contributed by atoms with van der Waals surface area (Å²) >= 11 is 1.72. The Bertz CT molecular complexity index is 1080. The van der Waals surface area contributed by atoms with Gasteiger partial charge in [-0.25, -0.2) is 4.98 Å². The third-order valence-electron chi connectivity index (χ3n) is 6.03. The number of likely N-dealkylation sites (tertiary alicyclic amines) is 1. The van der Waals surface area contributed by atoms with Gasteiger partial charge in [-0.05, 0) is 68.8 Å². The van der Waals surface area contributed by atoms with Crippen molar-refractivity contribution in [1.82, 2.24) is 20.4 Å². The van der Waals surface area contributed by atoms with Crippen molar-refractivity contribution in [2.45, 2.75) is 79.3 Å². The zero-order chi connectivity index (χ0) is 27.2. The van der Waals surface area contributed by atoms with E-state index in [-0.39, 0.29) is 11.9 Å². The van der Waals surface area contributed by atoms with E-state index >= 15 is 0 Å². The lowest BCUT2D eigenvalue weighted by Gasteiger charge is -2.21. The van der Waals surface area contributed by atoms with Crippen LogP contribution in [0.2, 0.25) is 0 Å². The van der Waals surface area contributed by atoms with Crippen LogP contribution in [0.1, 0.15) is 69.0 Å². The van der Waals surface area contributed by atoms with Gasteiger partial charge >= 0.3 is 0 Å². The molecular formula is C29H42N4O3S. The van der Waals surface area contributed by atoms with Crippen LogP contribution < -0.4 is 5.32 Å². The van der Waals surface area contributed by atoms with Gasteiger partial charge in [0.15, 0.2) is 0 Å². The van der Waals surface area contributed by atoms with Crippen molar-refractivity contribution in [2.24, 2.45) is 5.92 Å². The highest BCUT2D eigenvalue weighted by Gasteiger charge is 2.28. The quantitative estimate of drug-likeness (QED) is 0.362. The minimum atomic E-state index is -0.147. The maximum atomic E-state index is 11.6. The van der Waals surface area contributed by atoms with Crippen molar-refractivity contribution in [2.75, 3.05) is 13.6 Å². The van der Waals surface area contributed by atoms with Gasteiger partial charge < -0.3 is 19.5 Å². The fourth-order valence-corrected chi connectivity index (χ4v) is 5.00. The molecule has 1 amide bonds. The Balaban J connectivity index is 0.000000220. The summed E-state index contributed by atoms with van der Waals surface area (Å²) in [5.41, 5.74) is 8.14. The monoisotopic (exact) mass is 526 g/mol. The number of nitrogens with zero attached hydrogens (tertiary/aromatic N) is 3. The number of hydrogen-bond acceptors (Lipinski definition) is 7. The van der Waals surface area contributed by atoms with Gasteiger partial charge in [-0.1, -0.05) is 44.5 Å². The summed E-state index contributed by atoms with van der Waals surface area (Å²) in [5, 5.41) is 6.78. The first-order chi connectivity index (χ1) is 17.8. The number of rotatable bonds is 8. The average Bonchev–Trinajstić information content (AvgIpc) is 3.63. The number of benzene rings is 1. The summed E-state index contributed by atoms with van der Waals surface area (Å²) in [6.07, 6.45) is 7.13. The molecular weight excluding hydrogens is 484 g/mol.